The molecule has 15 heteroatoms. The molecule has 4 aliphatic heterocycles. The van der Waals surface area contributed by atoms with E-state index in [-0.39, 0.29) is 5.41 Å². The van der Waals surface area contributed by atoms with Gasteiger partial charge in [-0.15, -0.1) is 0 Å². The highest BCUT2D eigenvalue weighted by Crippen LogP contribution is 2.54. The van der Waals surface area contributed by atoms with Gasteiger partial charge in [-0.1, -0.05) is 160 Å². The van der Waals surface area contributed by atoms with Crippen molar-refractivity contribution in [1.82, 2.24) is 39.9 Å². The SMILES string of the molecule is CC1(C)c2ccccc2N(c2ccc3cncnc3c2)c2ccccc21.C[Si]1(C)c2ccccc2N(c2ccc3cncnc3c2)c2ccccc21.c1ccc2c(c1)Oc1ccccc1N2c1ccc2cncnc2c1.c1ccc2c(c1)Sc1ccccc1N2c1ccc2cncnc2c1. The van der Waals surface area contributed by atoms with E-state index in [0.717, 1.165) is 89.2 Å². The lowest BCUT2D eigenvalue weighted by molar-refractivity contribution is 0.477. The Morgan fingerprint density at radius 1 is 0.310 bits per heavy atom. The molecule has 0 amide bonds. The molecule has 4 aromatic heterocycles. The molecule has 0 bridgehead atoms. The van der Waals surface area contributed by atoms with E-state index in [1.165, 1.54) is 65.4 Å². The van der Waals surface area contributed by atoms with Gasteiger partial charge < -0.3 is 24.3 Å². The maximum Gasteiger partial charge on any atom is 0.151 e. The molecule has 4 aliphatic rings. The average Bonchev–Trinajstić information content (AvgIpc) is 0.734. The van der Waals surface area contributed by atoms with E-state index in [9.17, 15) is 0 Å². The van der Waals surface area contributed by atoms with Crippen molar-refractivity contribution in [3.05, 3.63) is 328 Å². The van der Waals surface area contributed by atoms with Crippen LogP contribution in [0.5, 0.6) is 11.5 Å². The number of para-hydroxylation sites is 10. The highest BCUT2D eigenvalue weighted by molar-refractivity contribution is 7.99. The van der Waals surface area contributed by atoms with E-state index < -0.39 is 8.07 Å². The smallest absolute Gasteiger partial charge is 0.151 e. The normalized spacial score (nSPS) is 13.7. The summed E-state index contributed by atoms with van der Waals surface area (Å²) in [5.41, 5.74) is 20.3. The first-order valence-electron chi connectivity index (χ1n) is 33.2. The van der Waals surface area contributed by atoms with Gasteiger partial charge in [0, 0.05) is 95.7 Å². The van der Waals surface area contributed by atoms with Crippen molar-refractivity contribution in [3.8, 4) is 11.5 Å². The van der Waals surface area contributed by atoms with Crippen LogP contribution in [-0.4, -0.2) is 47.9 Å². The van der Waals surface area contributed by atoms with E-state index in [0.29, 0.717) is 0 Å². The van der Waals surface area contributed by atoms with Crippen molar-refractivity contribution in [3.63, 3.8) is 0 Å². The van der Waals surface area contributed by atoms with E-state index in [2.05, 4.69) is 311 Å². The first-order chi connectivity index (χ1) is 49.1. The van der Waals surface area contributed by atoms with Crippen LogP contribution in [0.2, 0.25) is 13.1 Å². The second-order valence-electron chi connectivity index (χ2n) is 25.8. The molecule has 12 aromatic carbocycles. The molecule has 8 heterocycles. The Hall–Kier alpha value is -12.4. The Labute approximate surface area is 584 Å². The summed E-state index contributed by atoms with van der Waals surface area (Å²) in [6.45, 7) is 9.48. The highest BCUT2D eigenvalue weighted by Gasteiger charge is 2.39. The summed E-state index contributed by atoms with van der Waals surface area (Å²) < 4.78 is 6.05. The zero-order chi connectivity index (χ0) is 67.3. The van der Waals surface area contributed by atoms with Crippen molar-refractivity contribution in [2.24, 2.45) is 0 Å². The number of ether oxygens (including phenoxy) is 1. The molecule has 0 spiro atoms. The van der Waals surface area contributed by atoms with Gasteiger partial charge in [-0.2, -0.15) is 0 Å². The summed E-state index contributed by atoms with van der Waals surface area (Å²) in [6.07, 6.45) is 13.8. The molecule has 0 aliphatic carbocycles. The number of rotatable bonds is 4. The van der Waals surface area contributed by atoms with Crippen LogP contribution in [0.15, 0.2) is 327 Å². The Morgan fingerprint density at radius 3 is 0.990 bits per heavy atom. The molecule has 0 saturated heterocycles. The zero-order valence-electron chi connectivity index (χ0n) is 55.2. The van der Waals surface area contributed by atoms with Crippen LogP contribution in [0.1, 0.15) is 25.0 Å². The fraction of sp³-hybridized carbons (Fsp3) is 0.0588. The van der Waals surface area contributed by atoms with Gasteiger partial charge in [0.15, 0.2) is 11.5 Å². The van der Waals surface area contributed by atoms with Crippen LogP contribution >= 0.6 is 11.8 Å². The number of fused-ring (bicyclic) bond motifs is 12. The Morgan fingerprint density at radius 2 is 0.600 bits per heavy atom. The monoisotopic (exact) mass is 1330 g/mol. The lowest BCUT2D eigenvalue weighted by Crippen LogP contribution is -2.58. The summed E-state index contributed by atoms with van der Waals surface area (Å²) in [4.78, 5) is 45.9. The van der Waals surface area contributed by atoms with Crippen molar-refractivity contribution >= 4 is 142 Å². The summed E-state index contributed by atoms with van der Waals surface area (Å²) in [7, 11) is -1.73. The Kier molecular flexibility index (Phi) is 15.6. The van der Waals surface area contributed by atoms with Crippen LogP contribution in [0.3, 0.4) is 0 Å². The minimum absolute atomic E-state index is 0.0390. The Balaban J connectivity index is 0.0000000997. The van der Waals surface area contributed by atoms with Crippen LogP contribution in [0, 0.1) is 0 Å². The van der Waals surface area contributed by atoms with Gasteiger partial charge in [-0.05, 0) is 167 Å². The number of hydrogen-bond donors (Lipinski definition) is 0. The number of hydrogen-bond acceptors (Lipinski definition) is 14. The molecule has 480 valence electrons. The van der Waals surface area contributed by atoms with Gasteiger partial charge in [0.05, 0.1) is 56.2 Å². The van der Waals surface area contributed by atoms with Gasteiger partial charge in [-0.25, -0.2) is 39.9 Å². The molecule has 0 saturated carbocycles. The molecule has 0 radical (unpaired) electrons. The third-order valence-corrected chi connectivity index (χ3v) is 23.8. The second kappa shape index (κ2) is 25.5. The van der Waals surface area contributed by atoms with Gasteiger partial charge in [0.25, 0.3) is 0 Å². The van der Waals surface area contributed by atoms with Crippen LogP contribution < -0.4 is 34.7 Å². The molecule has 20 rings (SSSR count). The maximum atomic E-state index is 6.05. The molecule has 13 nitrogen and oxygen atoms in total. The van der Waals surface area contributed by atoms with Crippen molar-refractivity contribution < 1.29 is 4.74 Å². The third kappa shape index (κ3) is 11.0. The summed E-state index contributed by atoms with van der Waals surface area (Å²) in [6, 6.07) is 93.5. The first kappa shape index (κ1) is 61.2. The number of aromatic nitrogens is 8. The molecule has 100 heavy (non-hydrogen) atoms. The topological polar surface area (TPSA) is 125 Å². The third-order valence-electron chi connectivity index (χ3n) is 19.1. The van der Waals surface area contributed by atoms with E-state index >= 15 is 0 Å². The van der Waals surface area contributed by atoms with Crippen molar-refractivity contribution in [1.29, 1.82) is 0 Å². The molecule has 0 atom stereocenters. The zero-order valence-corrected chi connectivity index (χ0v) is 57.0. The summed E-state index contributed by atoms with van der Waals surface area (Å²) in [5, 5.41) is 7.13. The number of anilines is 12. The molecule has 0 unspecified atom stereocenters. The minimum Gasteiger partial charge on any atom is -0.453 e. The van der Waals surface area contributed by atoms with Crippen LogP contribution in [-0.2, 0) is 5.41 Å². The van der Waals surface area contributed by atoms with Gasteiger partial charge in [0.1, 0.15) is 33.4 Å². The Bertz CT molecular complexity index is 5270. The van der Waals surface area contributed by atoms with E-state index in [4.69, 9.17) is 4.74 Å². The molecule has 0 N–H and O–H groups in total. The van der Waals surface area contributed by atoms with Crippen molar-refractivity contribution in [2.75, 3.05) is 19.6 Å². The van der Waals surface area contributed by atoms with Gasteiger partial charge in [-0.3, -0.25) is 0 Å². The lowest BCUT2D eigenvalue weighted by Gasteiger charge is -2.42. The van der Waals surface area contributed by atoms with Gasteiger partial charge >= 0.3 is 0 Å². The lowest BCUT2D eigenvalue weighted by atomic mass is 9.73. The standard InChI is InChI=1S/C23H19N3.C22H19N3Si.C20H13N3O.C20H13N3S/c1-23(2)18-7-3-5-9-21(18)26(22-10-6-4-8-19(22)23)17-12-11-16-14-24-15-25-20(16)13-17;1-26(2)21-9-5-3-7-19(21)25(20-8-4-6-10-22(20)26)17-12-11-16-14-23-15-24-18(16)13-17;2*1-3-7-19-17(5-1)23(18-6-2-4-8-20(18)24-19)15-10-9-14-12-21-13-22-16(14)11-15/h2*3-15H,1-2H3;2*1-13H. The fourth-order valence-electron chi connectivity index (χ4n) is 14.3. The average molecular weight is 1330 g/mol. The fourth-order valence-corrected chi connectivity index (χ4v) is 18.3. The molecular formula is C85H64N12OSSi. The summed E-state index contributed by atoms with van der Waals surface area (Å²) in [5.74, 6) is 1.69. The minimum atomic E-state index is -1.73. The van der Waals surface area contributed by atoms with Crippen LogP contribution in [0.4, 0.5) is 68.2 Å². The largest absolute Gasteiger partial charge is 0.453 e. The number of nitrogens with zero attached hydrogens (tertiary/aromatic N) is 12. The highest BCUT2D eigenvalue weighted by atomic mass is 32.2. The van der Waals surface area contributed by atoms with Crippen molar-refractivity contribution in [2.45, 2.75) is 42.1 Å². The second-order valence-corrected chi connectivity index (χ2v) is 31.2. The number of benzene rings is 12. The first-order valence-corrected chi connectivity index (χ1v) is 37.0. The molecule has 0 fully saturated rings. The quantitative estimate of drug-likeness (QED) is 0.155. The van der Waals surface area contributed by atoms with E-state index in [1.807, 2.05) is 79.0 Å². The van der Waals surface area contributed by atoms with Gasteiger partial charge in [0.2, 0.25) is 0 Å². The predicted octanol–water partition coefficient (Wildman–Crippen LogP) is 20.7. The molecule has 16 aromatic rings. The summed E-state index contributed by atoms with van der Waals surface area (Å²) >= 11 is 1.82. The van der Waals surface area contributed by atoms with E-state index in [1.54, 1.807) is 25.3 Å². The van der Waals surface area contributed by atoms with Crippen LogP contribution in [0.25, 0.3) is 43.6 Å². The predicted molar refractivity (Wildman–Crippen MR) is 410 cm³/mol. The maximum absolute atomic E-state index is 6.05. The molecular weight excluding hydrogens is 1270 g/mol.